The van der Waals surface area contributed by atoms with Crippen molar-refractivity contribution in [1.82, 2.24) is 4.98 Å². The number of nitrogens with two attached hydrogens (primary N) is 1. The Morgan fingerprint density at radius 3 is 3.00 bits per heavy atom. The van der Waals surface area contributed by atoms with E-state index in [0.717, 1.165) is 18.4 Å². The van der Waals surface area contributed by atoms with Crippen LogP contribution in [0.4, 0.5) is 0 Å². The van der Waals surface area contributed by atoms with E-state index >= 15 is 0 Å². The highest BCUT2D eigenvalue weighted by atomic mass is 16.6. The van der Waals surface area contributed by atoms with Gasteiger partial charge in [-0.2, -0.15) is 0 Å². The highest BCUT2D eigenvalue weighted by Crippen LogP contribution is 2.13. The lowest BCUT2D eigenvalue weighted by atomic mass is 10.1. The van der Waals surface area contributed by atoms with E-state index in [9.17, 15) is 0 Å². The molecule has 1 aromatic heterocycles. The van der Waals surface area contributed by atoms with Crippen molar-refractivity contribution in [1.29, 1.82) is 0 Å². The minimum Gasteiger partial charge on any atom is -0.305 e. The van der Waals surface area contributed by atoms with Crippen LogP contribution in [0.5, 0.6) is 0 Å². The number of benzene rings is 1. The van der Waals surface area contributed by atoms with Gasteiger partial charge in [-0.05, 0) is 30.5 Å². The zero-order chi connectivity index (χ0) is 10.5. The minimum absolute atomic E-state index is 0.590. The normalized spacial score (nSPS) is 10.7. The van der Waals surface area contributed by atoms with Gasteiger partial charge in [-0.25, -0.2) is 5.90 Å². The SMILES string of the molecule is NOCCCc1cnc2ccccc2c1. The number of aryl methyl sites for hydroxylation is 1. The fraction of sp³-hybridized carbons (Fsp3) is 0.250. The molecular weight excluding hydrogens is 188 g/mol. The molecule has 0 aliphatic rings. The zero-order valence-corrected chi connectivity index (χ0v) is 8.52. The van der Waals surface area contributed by atoms with E-state index in [1.54, 1.807) is 0 Å². The predicted octanol–water partition coefficient (Wildman–Crippen LogP) is 2.06. The van der Waals surface area contributed by atoms with Gasteiger partial charge in [0.15, 0.2) is 0 Å². The quantitative estimate of drug-likeness (QED) is 0.609. The molecule has 2 rings (SSSR count). The average Bonchev–Trinajstić information content (AvgIpc) is 2.29. The third-order valence-corrected chi connectivity index (χ3v) is 2.37. The first-order chi connectivity index (χ1) is 7.40. The maximum Gasteiger partial charge on any atom is 0.0702 e. The summed E-state index contributed by atoms with van der Waals surface area (Å²) in [5, 5.41) is 1.18. The Hall–Kier alpha value is -1.45. The average molecular weight is 202 g/mol. The van der Waals surface area contributed by atoms with Gasteiger partial charge in [0.1, 0.15) is 0 Å². The van der Waals surface area contributed by atoms with Gasteiger partial charge in [0.25, 0.3) is 0 Å². The first kappa shape index (κ1) is 10.1. The molecule has 0 atom stereocenters. The van der Waals surface area contributed by atoms with Crippen LogP contribution in [0.15, 0.2) is 36.5 Å². The molecule has 0 spiro atoms. The van der Waals surface area contributed by atoms with E-state index in [4.69, 9.17) is 5.90 Å². The Morgan fingerprint density at radius 2 is 2.13 bits per heavy atom. The molecule has 0 saturated carbocycles. The van der Waals surface area contributed by atoms with Crippen molar-refractivity contribution >= 4 is 10.9 Å². The van der Waals surface area contributed by atoms with E-state index in [1.807, 2.05) is 24.4 Å². The Labute approximate surface area is 88.8 Å². The summed E-state index contributed by atoms with van der Waals surface area (Å²) >= 11 is 0. The molecule has 0 saturated heterocycles. The number of para-hydroxylation sites is 1. The number of aromatic nitrogens is 1. The molecule has 0 amide bonds. The number of fused-ring (bicyclic) bond motifs is 1. The third kappa shape index (κ3) is 2.52. The summed E-state index contributed by atoms with van der Waals surface area (Å²) in [5.41, 5.74) is 2.27. The summed E-state index contributed by atoms with van der Waals surface area (Å²) in [6, 6.07) is 10.3. The van der Waals surface area contributed by atoms with Gasteiger partial charge < -0.3 is 4.84 Å². The molecular formula is C12H14N2O. The fourth-order valence-electron chi connectivity index (χ4n) is 1.61. The van der Waals surface area contributed by atoms with Crippen LogP contribution in [0.3, 0.4) is 0 Å². The topological polar surface area (TPSA) is 48.1 Å². The fourth-order valence-corrected chi connectivity index (χ4v) is 1.61. The molecule has 1 heterocycles. The minimum atomic E-state index is 0.590. The summed E-state index contributed by atoms with van der Waals surface area (Å²) in [6.45, 7) is 0.590. The van der Waals surface area contributed by atoms with Crippen molar-refractivity contribution in [3.63, 3.8) is 0 Å². The van der Waals surface area contributed by atoms with Crippen molar-refractivity contribution in [3.05, 3.63) is 42.1 Å². The van der Waals surface area contributed by atoms with Crippen LogP contribution in [-0.4, -0.2) is 11.6 Å². The van der Waals surface area contributed by atoms with Crippen LogP contribution < -0.4 is 5.90 Å². The number of nitrogens with zero attached hydrogens (tertiary/aromatic N) is 1. The van der Waals surface area contributed by atoms with Gasteiger partial charge in [-0.3, -0.25) is 4.98 Å². The van der Waals surface area contributed by atoms with Crippen LogP contribution in [-0.2, 0) is 11.3 Å². The van der Waals surface area contributed by atoms with Crippen molar-refractivity contribution in [2.24, 2.45) is 5.90 Å². The highest BCUT2D eigenvalue weighted by Gasteiger charge is 1.97. The standard InChI is InChI=1S/C12H14N2O/c13-15-7-3-4-10-8-11-5-1-2-6-12(11)14-9-10/h1-2,5-6,8-9H,3-4,7,13H2. The van der Waals surface area contributed by atoms with Crippen molar-refractivity contribution < 1.29 is 4.84 Å². The van der Waals surface area contributed by atoms with E-state index in [0.29, 0.717) is 6.61 Å². The molecule has 15 heavy (non-hydrogen) atoms. The second-order valence-corrected chi connectivity index (χ2v) is 3.51. The summed E-state index contributed by atoms with van der Waals surface area (Å²) in [5.74, 6) is 4.97. The van der Waals surface area contributed by atoms with Gasteiger partial charge in [0.2, 0.25) is 0 Å². The summed E-state index contributed by atoms with van der Waals surface area (Å²) in [6.07, 6.45) is 3.80. The van der Waals surface area contributed by atoms with Crippen LogP contribution >= 0.6 is 0 Å². The van der Waals surface area contributed by atoms with Crippen LogP contribution in [0.2, 0.25) is 0 Å². The zero-order valence-electron chi connectivity index (χ0n) is 8.52. The maximum absolute atomic E-state index is 4.97. The highest BCUT2D eigenvalue weighted by molar-refractivity contribution is 5.78. The summed E-state index contributed by atoms with van der Waals surface area (Å²) in [7, 11) is 0. The molecule has 0 bridgehead atoms. The molecule has 1 aromatic carbocycles. The van der Waals surface area contributed by atoms with Crippen molar-refractivity contribution in [2.45, 2.75) is 12.8 Å². The number of pyridine rings is 1. The lowest BCUT2D eigenvalue weighted by Gasteiger charge is -2.02. The van der Waals surface area contributed by atoms with Crippen LogP contribution in [0, 0.1) is 0 Å². The third-order valence-electron chi connectivity index (χ3n) is 2.37. The van der Waals surface area contributed by atoms with E-state index in [1.165, 1.54) is 10.9 Å². The molecule has 0 unspecified atom stereocenters. The molecule has 0 fully saturated rings. The summed E-state index contributed by atoms with van der Waals surface area (Å²) < 4.78 is 0. The van der Waals surface area contributed by atoms with Crippen LogP contribution in [0.25, 0.3) is 10.9 Å². The molecule has 2 aromatic rings. The van der Waals surface area contributed by atoms with Crippen LogP contribution in [0.1, 0.15) is 12.0 Å². The monoisotopic (exact) mass is 202 g/mol. The molecule has 3 heteroatoms. The largest absolute Gasteiger partial charge is 0.305 e. The smallest absolute Gasteiger partial charge is 0.0702 e. The predicted molar refractivity (Wildman–Crippen MR) is 60.2 cm³/mol. The van der Waals surface area contributed by atoms with Gasteiger partial charge >= 0.3 is 0 Å². The number of rotatable bonds is 4. The Morgan fingerprint density at radius 1 is 1.27 bits per heavy atom. The molecule has 0 aliphatic carbocycles. The van der Waals surface area contributed by atoms with Gasteiger partial charge in [0, 0.05) is 11.6 Å². The van der Waals surface area contributed by atoms with E-state index in [-0.39, 0.29) is 0 Å². The van der Waals surface area contributed by atoms with Crippen molar-refractivity contribution in [3.8, 4) is 0 Å². The van der Waals surface area contributed by atoms with E-state index < -0.39 is 0 Å². The second kappa shape index (κ2) is 4.87. The number of hydrogen-bond donors (Lipinski definition) is 1. The molecule has 2 N–H and O–H groups in total. The molecule has 78 valence electrons. The van der Waals surface area contributed by atoms with Gasteiger partial charge in [-0.15, -0.1) is 0 Å². The van der Waals surface area contributed by atoms with E-state index in [2.05, 4.69) is 22.0 Å². The molecule has 0 radical (unpaired) electrons. The second-order valence-electron chi connectivity index (χ2n) is 3.51. The Balaban J connectivity index is 2.16. The lowest BCUT2D eigenvalue weighted by molar-refractivity contribution is 0.135. The summed E-state index contributed by atoms with van der Waals surface area (Å²) in [4.78, 5) is 8.92. The first-order valence-corrected chi connectivity index (χ1v) is 5.05. The van der Waals surface area contributed by atoms with Gasteiger partial charge in [0.05, 0.1) is 12.1 Å². The van der Waals surface area contributed by atoms with Crippen molar-refractivity contribution in [2.75, 3.05) is 6.61 Å². The molecule has 3 nitrogen and oxygen atoms in total. The first-order valence-electron chi connectivity index (χ1n) is 5.05. The maximum atomic E-state index is 4.97. The lowest BCUT2D eigenvalue weighted by Crippen LogP contribution is -2.02. The Bertz CT molecular complexity index is 442. The van der Waals surface area contributed by atoms with Gasteiger partial charge in [-0.1, -0.05) is 18.2 Å². The molecule has 0 aliphatic heterocycles. The number of hydrogen-bond acceptors (Lipinski definition) is 3. The Kier molecular flexibility index (Phi) is 3.27.